The van der Waals surface area contributed by atoms with Gasteiger partial charge in [0.25, 0.3) is 0 Å². The van der Waals surface area contributed by atoms with Crippen LogP contribution in [0.25, 0.3) is 0 Å². The van der Waals surface area contributed by atoms with Crippen molar-refractivity contribution >= 4 is 34.8 Å². The van der Waals surface area contributed by atoms with E-state index in [1.807, 2.05) is 49.4 Å². The molecule has 13 heterocycles. The number of alkyl halides is 9. The molecule has 0 aromatic carbocycles. The lowest BCUT2D eigenvalue weighted by atomic mass is 10.3. The second kappa shape index (κ2) is 55.3. The van der Waals surface area contributed by atoms with Crippen LogP contribution >= 0.6 is 34.8 Å². The molecule has 0 atom stereocenters. The Morgan fingerprint density at radius 3 is 0.961 bits per heavy atom. The molecule has 31 heteroatoms. The molecule has 0 radical (unpaired) electrons. The summed E-state index contributed by atoms with van der Waals surface area (Å²) in [6.45, 7) is 2.04. The van der Waals surface area contributed by atoms with Crippen molar-refractivity contribution < 1.29 is 52.7 Å². The molecule has 0 aliphatic rings. The first-order valence-corrected chi connectivity index (χ1v) is 29.6. The van der Waals surface area contributed by atoms with E-state index in [1.54, 1.807) is 159 Å². The SMILES string of the molecule is Cc1ccncc1.Clc1ccccn1.Clc1cccnc1.Clc1ccncc1.FC(F)(F)c1ccccn1.FC(F)(F)c1cccnc1.FC(F)(F)c1ccncc1.Fc1ccccn1.Fc1cccnc1.Fc1ccncc1.N#Cc1ccccn1.N#Cc1cccnc1.N#Cc1ccncc1. The average Bonchev–Trinajstić information content (AvgIpc) is 0.931. The van der Waals surface area contributed by atoms with Crippen LogP contribution in [0.2, 0.25) is 15.2 Å². The Morgan fingerprint density at radius 2 is 0.748 bits per heavy atom. The summed E-state index contributed by atoms with van der Waals surface area (Å²) < 4.78 is 141. The van der Waals surface area contributed by atoms with Gasteiger partial charge in [0.15, 0.2) is 0 Å². The third-order valence-electron chi connectivity index (χ3n) is 9.97. The monoisotopic (exact) mass is 1480 g/mol. The first-order chi connectivity index (χ1) is 49.4. The molecule has 0 fully saturated rings. The molecule has 0 unspecified atom stereocenters. The Hall–Kier alpha value is -12.6. The summed E-state index contributed by atoms with van der Waals surface area (Å²) >= 11 is 16.4. The zero-order chi connectivity index (χ0) is 76.1. The van der Waals surface area contributed by atoms with E-state index in [-0.39, 0.29) is 11.6 Å². The number of nitriles is 3. The molecular weight excluding hydrogens is 1420 g/mol. The lowest BCUT2D eigenvalue weighted by Gasteiger charge is -2.03. The predicted octanol–water partition coefficient (Wildman–Crippen LogP) is 19.4. The first-order valence-electron chi connectivity index (χ1n) is 28.4. The minimum atomic E-state index is -4.32. The minimum absolute atomic E-state index is 0.241. The van der Waals surface area contributed by atoms with Gasteiger partial charge >= 0.3 is 18.5 Å². The molecular formula is C72H55Cl3F12N16. The summed E-state index contributed by atoms with van der Waals surface area (Å²) in [4.78, 5) is 46.7. The summed E-state index contributed by atoms with van der Waals surface area (Å²) in [5, 5.41) is 26.7. The lowest BCUT2D eigenvalue weighted by Crippen LogP contribution is -2.06. The highest BCUT2D eigenvalue weighted by Gasteiger charge is 2.32. The Labute approximate surface area is 599 Å². The zero-order valence-electron chi connectivity index (χ0n) is 53.3. The molecule has 0 spiro atoms. The zero-order valence-corrected chi connectivity index (χ0v) is 55.6. The summed E-state index contributed by atoms with van der Waals surface area (Å²) in [5.74, 6) is -0.958. The molecule has 0 saturated heterocycles. The van der Waals surface area contributed by atoms with Gasteiger partial charge in [0.2, 0.25) is 5.95 Å². The highest BCUT2D eigenvalue weighted by Crippen LogP contribution is 2.29. The highest BCUT2D eigenvalue weighted by atomic mass is 35.5. The van der Waals surface area contributed by atoms with E-state index in [0.717, 1.165) is 54.1 Å². The van der Waals surface area contributed by atoms with Gasteiger partial charge in [-0.1, -0.05) is 59.1 Å². The number of pyridine rings is 13. The normalized spacial score (nSPS) is 9.33. The second-order valence-electron chi connectivity index (χ2n) is 17.7. The van der Waals surface area contributed by atoms with Gasteiger partial charge in [-0.25, -0.2) is 23.7 Å². The fourth-order valence-corrected chi connectivity index (χ4v) is 5.72. The van der Waals surface area contributed by atoms with Gasteiger partial charge in [0.05, 0.1) is 39.5 Å². The van der Waals surface area contributed by atoms with E-state index < -0.39 is 41.3 Å². The number of aryl methyl sites for hydroxylation is 1. The molecule has 528 valence electrons. The fraction of sp³-hybridized carbons (Fsp3) is 0.0556. The van der Waals surface area contributed by atoms with Crippen molar-refractivity contribution in [3.63, 3.8) is 0 Å². The quantitative estimate of drug-likeness (QED) is 0.101. The molecule has 13 rings (SSSR count). The van der Waals surface area contributed by atoms with Crippen LogP contribution in [0.5, 0.6) is 0 Å². The van der Waals surface area contributed by atoms with Gasteiger partial charge < -0.3 is 0 Å². The number of rotatable bonds is 0. The maximum Gasteiger partial charge on any atom is 0.433 e. The molecule has 0 aliphatic carbocycles. The van der Waals surface area contributed by atoms with Crippen molar-refractivity contribution in [1.29, 1.82) is 15.8 Å². The van der Waals surface area contributed by atoms with Crippen molar-refractivity contribution in [3.8, 4) is 18.2 Å². The third kappa shape index (κ3) is 51.3. The van der Waals surface area contributed by atoms with E-state index in [0.29, 0.717) is 27.0 Å². The summed E-state index contributed by atoms with van der Waals surface area (Å²) in [6.07, 6.45) is 19.3. The van der Waals surface area contributed by atoms with E-state index in [4.69, 9.17) is 50.6 Å². The minimum Gasteiger partial charge on any atom is -0.265 e. The Kier molecular flexibility index (Phi) is 47.5. The van der Waals surface area contributed by atoms with Crippen LogP contribution in [0, 0.1) is 58.5 Å². The maximum atomic E-state index is 11.9. The van der Waals surface area contributed by atoms with Crippen LogP contribution in [0.15, 0.2) is 318 Å². The second-order valence-corrected chi connectivity index (χ2v) is 19.0. The van der Waals surface area contributed by atoms with Crippen LogP contribution in [-0.4, -0.2) is 64.8 Å². The number of nitrogens with zero attached hydrogens (tertiary/aromatic N) is 16. The van der Waals surface area contributed by atoms with Gasteiger partial charge in [-0.2, -0.15) is 59.7 Å². The molecule has 13 aromatic rings. The van der Waals surface area contributed by atoms with Crippen molar-refractivity contribution in [2.24, 2.45) is 0 Å². The van der Waals surface area contributed by atoms with E-state index in [9.17, 15) is 52.7 Å². The van der Waals surface area contributed by atoms with Crippen LogP contribution in [-0.2, 0) is 18.5 Å². The topological polar surface area (TPSA) is 239 Å². The lowest BCUT2D eigenvalue weighted by molar-refractivity contribution is -0.141. The molecule has 13 aromatic heterocycles. The largest absolute Gasteiger partial charge is 0.433 e. The van der Waals surface area contributed by atoms with Crippen LogP contribution in [0.1, 0.15) is 39.2 Å². The molecule has 16 nitrogen and oxygen atoms in total. The Balaban J connectivity index is 0.000000559. The molecule has 0 bridgehead atoms. The van der Waals surface area contributed by atoms with Crippen molar-refractivity contribution in [3.05, 3.63) is 390 Å². The summed E-state index contributed by atoms with van der Waals surface area (Å²) in [6, 6.07) is 52.1. The summed E-state index contributed by atoms with van der Waals surface area (Å²) in [5.41, 5.74) is 0.752. The third-order valence-corrected chi connectivity index (χ3v) is 10.7. The standard InChI is InChI=1S/3C6H4F3N.3C6H4N2.C6H7N.3C5H4ClN.3C5H4FN/c7-6(8,9)5-1-3-10-4-2-5;7-6(8,9)5-2-1-3-10-4-5;7-6(8,9)5-3-1-2-4-10-5;7-5-6-1-3-8-4-2-6;7-4-6-2-1-3-8-5-6;7-5-6-3-1-2-4-8-6;1-6-2-4-7-5-3-6;6-5-1-3-7-4-2-5;6-5-2-1-3-7-4-5;6-5-3-1-2-4-7-5;6-5-1-3-7-4-2-5;6-5-2-1-3-7-4-5;6-5-3-1-2-4-7-5/h3*1-4H;1-4H;1-3,5H;1-4H;2-5H,1H3;6*1-4H. The Bertz CT molecular complexity index is 3650. The van der Waals surface area contributed by atoms with Crippen molar-refractivity contribution in [2.45, 2.75) is 25.5 Å². The van der Waals surface area contributed by atoms with Gasteiger partial charge in [0, 0.05) is 135 Å². The van der Waals surface area contributed by atoms with Crippen LogP contribution < -0.4 is 0 Å². The highest BCUT2D eigenvalue weighted by molar-refractivity contribution is 6.30. The van der Waals surface area contributed by atoms with Crippen LogP contribution in [0.3, 0.4) is 0 Å². The molecule has 0 N–H and O–H groups in total. The number of hydrogen-bond donors (Lipinski definition) is 0. The summed E-state index contributed by atoms with van der Waals surface area (Å²) in [7, 11) is 0. The Morgan fingerprint density at radius 1 is 0.301 bits per heavy atom. The average molecular weight is 1480 g/mol. The van der Waals surface area contributed by atoms with Crippen LogP contribution in [0.4, 0.5) is 52.7 Å². The number of aromatic nitrogens is 13. The van der Waals surface area contributed by atoms with Gasteiger partial charge in [-0.05, 0) is 170 Å². The molecule has 103 heavy (non-hydrogen) atoms. The first kappa shape index (κ1) is 88.5. The van der Waals surface area contributed by atoms with Gasteiger partial charge in [-0.15, -0.1) is 0 Å². The van der Waals surface area contributed by atoms with Crippen molar-refractivity contribution in [2.75, 3.05) is 0 Å². The molecule has 0 saturated carbocycles. The van der Waals surface area contributed by atoms with Gasteiger partial charge in [-0.3, -0.25) is 49.8 Å². The fourth-order valence-electron chi connectivity index (χ4n) is 5.35. The van der Waals surface area contributed by atoms with E-state index in [1.165, 1.54) is 91.4 Å². The maximum absolute atomic E-state index is 11.9. The van der Waals surface area contributed by atoms with E-state index in [2.05, 4.69) is 64.8 Å². The molecule has 0 aliphatic heterocycles. The number of hydrogen-bond acceptors (Lipinski definition) is 16. The van der Waals surface area contributed by atoms with Gasteiger partial charge in [0.1, 0.15) is 40.3 Å². The van der Waals surface area contributed by atoms with Crippen molar-refractivity contribution in [1.82, 2.24) is 64.8 Å². The predicted molar refractivity (Wildman–Crippen MR) is 364 cm³/mol. The number of halogens is 15. The van der Waals surface area contributed by atoms with E-state index >= 15 is 0 Å². The molecule has 0 amide bonds. The smallest absolute Gasteiger partial charge is 0.265 e.